The van der Waals surface area contributed by atoms with Crippen molar-refractivity contribution in [1.82, 2.24) is 20.0 Å². The lowest BCUT2D eigenvalue weighted by Gasteiger charge is -2.37. The van der Waals surface area contributed by atoms with Gasteiger partial charge < -0.3 is 34.1 Å². The van der Waals surface area contributed by atoms with Crippen LogP contribution in [0, 0.1) is 0 Å². The Morgan fingerprint density at radius 2 is 1.72 bits per heavy atom. The van der Waals surface area contributed by atoms with E-state index in [0.717, 1.165) is 70.5 Å². The van der Waals surface area contributed by atoms with Gasteiger partial charge in [0.1, 0.15) is 0 Å². The first-order valence-electron chi connectivity index (χ1n) is 10.8. The van der Waals surface area contributed by atoms with Crippen LogP contribution in [0.3, 0.4) is 0 Å². The van der Waals surface area contributed by atoms with Crippen molar-refractivity contribution in [2.24, 2.45) is 4.99 Å². The van der Waals surface area contributed by atoms with Crippen molar-refractivity contribution in [1.29, 1.82) is 0 Å². The Morgan fingerprint density at radius 3 is 2.25 bits per heavy atom. The van der Waals surface area contributed by atoms with Crippen molar-refractivity contribution in [3.05, 3.63) is 17.7 Å². The molecule has 1 aromatic carbocycles. The number of likely N-dealkylation sites (N-methyl/N-ethyl adjacent to an activating group) is 1. The van der Waals surface area contributed by atoms with Crippen molar-refractivity contribution in [3.8, 4) is 17.2 Å². The first kappa shape index (κ1) is 26.7. The molecule has 2 heterocycles. The van der Waals surface area contributed by atoms with E-state index in [1.807, 2.05) is 19.2 Å². The van der Waals surface area contributed by atoms with Crippen molar-refractivity contribution in [2.75, 3.05) is 87.8 Å². The highest BCUT2D eigenvalue weighted by Crippen LogP contribution is 2.38. The third-order valence-electron chi connectivity index (χ3n) is 5.84. The lowest BCUT2D eigenvalue weighted by Crippen LogP contribution is -2.54. The van der Waals surface area contributed by atoms with Gasteiger partial charge in [-0.15, -0.1) is 24.0 Å². The second kappa shape index (κ2) is 13.3. The molecule has 10 heteroatoms. The molecule has 3 rings (SSSR count). The minimum atomic E-state index is 0. The molecule has 1 aromatic rings. The Labute approximate surface area is 209 Å². The lowest BCUT2D eigenvalue weighted by molar-refractivity contribution is -0.0164. The van der Waals surface area contributed by atoms with Crippen molar-refractivity contribution in [2.45, 2.75) is 12.6 Å². The average Bonchev–Trinajstić information content (AvgIpc) is 2.79. The van der Waals surface area contributed by atoms with E-state index in [2.05, 4.69) is 32.1 Å². The second-order valence-electron chi connectivity index (χ2n) is 7.98. The third kappa shape index (κ3) is 7.00. The van der Waals surface area contributed by atoms with Gasteiger partial charge in [-0.25, -0.2) is 0 Å². The highest BCUT2D eigenvalue weighted by Gasteiger charge is 2.23. The summed E-state index contributed by atoms with van der Waals surface area (Å²) in [6.07, 6.45) is 0.205. The number of halogens is 1. The first-order chi connectivity index (χ1) is 15.1. The Kier molecular flexibility index (Phi) is 11.1. The van der Waals surface area contributed by atoms with Gasteiger partial charge in [0.25, 0.3) is 0 Å². The van der Waals surface area contributed by atoms with Gasteiger partial charge >= 0.3 is 0 Å². The molecule has 0 aliphatic carbocycles. The number of benzene rings is 1. The summed E-state index contributed by atoms with van der Waals surface area (Å²) in [5.41, 5.74) is 1.14. The third-order valence-corrected chi connectivity index (χ3v) is 5.84. The van der Waals surface area contributed by atoms with Crippen LogP contribution in [0.2, 0.25) is 0 Å². The van der Waals surface area contributed by atoms with E-state index in [1.165, 1.54) is 0 Å². The normalized spacial score (nSPS) is 20.5. The molecule has 0 radical (unpaired) electrons. The number of ether oxygens (including phenoxy) is 4. The summed E-state index contributed by atoms with van der Waals surface area (Å²) >= 11 is 0. The SMILES string of the molecule is CN=C(NCC1CN(C)CCO1)N1CCN(Cc2cc(OC)c(OC)c(OC)c2)CC1.I. The highest BCUT2D eigenvalue weighted by atomic mass is 127. The molecule has 2 fully saturated rings. The largest absolute Gasteiger partial charge is 0.493 e. The number of hydrogen-bond acceptors (Lipinski definition) is 7. The number of morpholine rings is 1. The molecule has 2 saturated heterocycles. The van der Waals surface area contributed by atoms with Crippen LogP contribution in [0.4, 0.5) is 0 Å². The van der Waals surface area contributed by atoms with Crippen LogP contribution in [-0.4, -0.2) is 115 Å². The highest BCUT2D eigenvalue weighted by molar-refractivity contribution is 14.0. The standard InChI is InChI=1S/C22H37N5O4.HI/c1-23-22(24-14-18-16-25(2)10-11-31-18)27-8-6-26(7-9-27)15-17-12-19(28-3)21(30-5)20(13-17)29-4;/h12-13,18H,6-11,14-16H2,1-5H3,(H,23,24);1H. The zero-order valence-corrected chi connectivity index (χ0v) is 22.3. The monoisotopic (exact) mass is 563 g/mol. The number of guanidine groups is 1. The van der Waals surface area contributed by atoms with Crippen LogP contribution in [0.15, 0.2) is 17.1 Å². The molecule has 0 aromatic heterocycles. The fourth-order valence-electron chi connectivity index (χ4n) is 4.13. The number of nitrogens with zero attached hydrogens (tertiary/aromatic N) is 4. The zero-order chi connectivity index (χ0) is 22.2. The van der Waals surface area contributed by atoms with Crippen LogP contribution in [0.1, 0.15) is 5.56 Å². The van der Waals surface area contributed by atoms with Crippen LogP contribution < -0.4 is 19.5 Å². The maximum absolute atomic E-state index is 5.85. The number of hydrogen-bond donors (Lipinski definition) is 1. The van der Waals surface area contributed by atoms with Gasteiger partial charge in [0, 0.05) is 59.4 Å². The molecule has 0 spiro atoms. The topological polar surface area (TPSA) is 71.0 Å². The lowest BCUT2D eigenvalue weighted by atomic mass is 10.1. The molecule has 2 aliphatic heterocycles. The number of piperazine rings is 1. The molecule has 1 N–H and O–H groups in total. The molecule has 32 heavy (non-hydrogen) atoms. The number of nitrogens with one attached hydrogen (secondary N) is 1. The van der Waals surface area contributed by atoms with Crippen molar-refractivity contribution in [3.63, 3.8) is 0 Å². The number of methoxy groups -OCH3 is 3. The average molecular weight is 563 g/mol. The minimum Gasteiger partial charge on any atom is -0.493 e. The molecule has 2 aliphatic rings. The van der Waals surface area contributed by atoms with Crippen molar-refractivity contribution < 1.29 is 18.9 Å². The summed E-state index contributed by atoms with van der Waals surface area (Å²) in [4.78, 5) is 11.5. The van der Waals surface area contributed by atoms with Crippen LogP contribution in [0.25, 0.3) is 0 Å². The van der Waals surface area contributed by atoms with Crippen LogP contribution >= 0.6 is 24.0 Å². The van der Waals surface area contributed by atoms with Crippen molar-refractivity contribution >= 4 is 29.9 Å². The summed E-state index contributed by atoms with van der Waals surface area (Å²) in [6.45, 7) is 8.12. The zero-order valence-electron chi connectivity index (χ0n) is 19.9. The summed E-state index contributed by atoms with van der Waals surface area (Å²) < 4.78 is 22.3. The Morgan fingerprint density at radius 1 is 1.06 bits per heavy atom. The summed E-state index contributed by atoms with van der Waals surface area (Å²) in [7, 11) is 8.90. The number of aliphatic imine (C=N–C) groups is 1. The van der Waals surface area contributed by atoms with Gasteiger partial charge in [-0.3, -0.25) is 9.89 Å². The van der Waals surface area contributed by atoms with Gasteiger partial charge in [-0.1, -0.05) is 0 Å². The molecule has 1 atom stereocenters. The fraction of sp³-hybridized carbons (Fsp3) is 0.682. The van der Waals surface area contributed by atoms with E-state index in [4.69, 9.17) is 18.9 Å². The predicted molar refractivity (Wildman–Crippen MR) is 137 cm³/mol. The van der Waals surface area contributed by atoms with Gasteiger partial charge in [0.05, 0.1) is 34.0 Å². The van der Waals surface area contributed by atoms with E-state index in [0.29, 0.717) is 17.2 Å². The molecule has 0 amide bonds. The molecular weight excluding hydrogens is 525 g/mol. The number of rotatable bonds is 7. The molecule has 0 saturated carbocycles. The van der Waals surface area contributed by atoms with Gasteiger partial charge in [0.2, 0.25) is 5.75 Å². The Bertz CT molecular complexity index is 718. The summed E-state index contributed by atoms with van der Waals surface area (Å²) in [6, 6.07) is 4.05. The predicted octanol–water partition coefficient (Wildman–Crippen LogP) is 1.35. The summed E-state index contributed by atoms with van der Waals surface area (Å²) in [5.74, 6) is 2.96. The van der Waals surface area contributed by atoms with E-state index >= 15 is 0 Å². The molecular formula is C22H38IN5O4. The molecule has 1 unspecified atom stereocenters. The Hall–Kier alpha value is -1.50. The van der Waals surface area contributed by atoms with E-state index < -0.39 is 0 Å². The van der Waals surface area contributed by atoms with E-state index in [1.54, 1.807) is 21.3 Å². The summed E-state index contributed by atoms with van der Waals surface area (Å²) in [5, 5.41) is 3.50. The maximum atomic E-state index is 5.85. The van der Waals surface area contributed by atoms with Gasteiger partial charge in [-0.2, -0.15) is 0 Å². The van der Waals surface area contributed by atoms with E-state index in [-0.39, 0.29) is 30.1 Å². The van der Waals surface area contributed by atoms with Crippen LogP contribution in [0.5, 0.6) is 17.2 Å². The molecule has 0 bridgehead atoms. The quantitative estimate of drug-likeness (QED) is 0.303. The van der Waals surface area contributed by atoms with E-state index in [9.17, 15) is 0 Å². The van der Waals surface area contributed by atoms with Gasteiger partial charge in [-0.05, 0) is 24.7 Å². The second-order valence-corrected chi connectivity index (χ2v) is 7.98. The molecule has 182 valence electrons. The first-order valence-corrected chi connectivity index (χ1v) is 10.8. The van der Waals surface area contributed by atoms with Crippen LogP contribution in [-0.2, 0) is 11.3 Å². The maximum Gasteiger partial charge on any atom is 0.203 e. The fourth-order valence-corrected chi connectivity index (χ4v) is 4.13. The molecule has 9 nitrogen and oxygen atoms in total. The Balaban J connectivity index is 0.00000363. The smallest absolute Gasteiger partial charge is 0.203 e. The minimum absolute atomic E-state index is 0. The van der Waals surface area contributed by atoms with Gasteiger partial charge in [0.15, 0.2) is 17.5 Å².